The van der Waals surface area contributed by atoms with Crippen molar-refractivity contribution in [2.75, 3.05) is 13.2 Å². The maximum Gasteiger partial charge on any atom is 0.341 e. The van der Waals surface area contributed by atoms with Gasteiger partial charge in [0, 0.05) is 11.6 Å². The number of hydrogen-bond donors (Lipinski definition) is 0. The second-order valence-corrected chi connectivity index (χ2v) is 4.48. The Balaban J connectivity index is 2.42. The highest BCUT2D eigenvalue weighted by atomic mass is 35.5. The average molecular weight is 307 g/mol. The van der Waals surface area contributed by atoms with Gasteiger partial charge in [0.25, 0.3) is 0 Å². The first-order chi connectivity index (χ1) is 10.2. The molecule has 1 aromatic carbocycles. The highest BCUT2D eigenvalue weighted by molar-refractivity contribution is 6.29. The Labute approximate surface area is 127 Å². The van der Waals surface area contributed by atoms with Crippen LogP contribution in [-0.2, 0) is 4.74 Å². The largest absolute Gasteiger partial charge is 0.493 e. The number of hydrogen-bond acceptors (Lipinski definition) is 5. The highest BCUT2D eigenvalue weighted by Gasteiger charge is 2.15. The van der Waals surface area contributed by atoms with Crippen LogP contribution >= 0.6 is 11.6 Å². The summed E-state index contributed by atoms with van der Waals surface area (Å²) in [6.45, 7) is 4.37. The monoisotopic (exact) mass is 306 g/mol. The van der Waals surface area contributed by atoms with E-state index in [0.717, 1.165) is 5.56 Å². The number of carbonyl (C=O) groups excluding carboxylic acids is 1. The van der Waals surface area contributed by atoms with Crippen LogP contribution in [0, 0.1) is 0 Å². The van der Waals surface area contributed by atoms with E-state index in [1.54, 1.807) is 31.2 Å². The number of halogens is 1. The SMILES string of the molecule is CCOC(=O)c1ccc(-c2cc(Cl)ncn2)cc1OCC. The molecule has 0 fully saturated rings. The molecule has 2 rings (SSSR count). The quantitative estimate of drug-likeness (QED) is 0.626. The Morgan fingerprint density at radius 3 is 2.67 bits per heavy atom. The Morgan fingerprint density at radius 2 is 2.00 bits per heavy atom. The molecule has 0 radical (unpaired) electrons. The van der Waals surface area contributed by atoms with E-state index in [9.17, 15) is 4.79 Å². The van der Waals surface area contributed by atoms with Crippen LogP contribution < -0.4 is 4.74 Å². The van der Waals surface area contributed by atoms with Gasteiger partial charge >= 0.3 is 5.97 Å². The number of ether oxygens (including phenoxy) is 2. The Kier molecular flexibility index (Phi) is 5.11. The van der Waals surface area contributed by atoms with Gasteiger partial charge in [-0.2, -0.15) is 0 Å². The molecule has 0 amide bonds. The molecular formula is C15H15ClN2O3. The third-order valence-electron chi connectivity index (χ3n) is 2.71. The lowest BCUT2D eigenvalue weighted by atomic mass is 10.1. The van der Waals surface area contributed by atoms with Gasteiger partial charge in [-0.25, -0.2) is 14.8 Å². The predicted octanol–water partition coefficient (Wildman–Crippen LogP) is 3.37. The van der Waals surface area contributed by atoms with E-state index < -0.39 is 5.97 Å². The average Bonchev–Trinajstić information content (AvgIpc) is 2.48. The molecule has 0 saturated carbocycles. The summed E-state index contributed by atoms with van der Waals surface area (Å²) in [6.07, 6.45) is 1.39. The van der Waals surface area contributed by atoms with Crippen LogP contribution in [-0.4, -0.2) is 29.2 Å². The molecule has 5 nitrogen and oxygen atoms in total. The van der Waals surface area contributed by atoms with E-state index in [-0.39, 0.29) is 0 Å². The maximum atomic E-state index is 11.9. The summed E-state index contributed by atoms with van der Waals surface area (Å²) in [4.78, 5) is 19.9. The van der Waals surface area contributed by atoms with Crippen LogP contribution in [0.3, 0.4) is 0 Å². The van der Waals surface area contributed by atoms with Crippen molar-refractivity contribution < 1.29 is 14.3 Å². The molecule has 0 aliphatic carbocycles. The molecule has 0 saturated heterocycles. The van der Waals surface area contributed by atoms with Crippen LogP contribution in [0.15, 0.2) is 30.6 Å². The molecule has 0 spiro atoms. The molecule has 0 unspecified atom stereocenters. The third-order valence-corrected chi connectivity index (χ3v) is 2.91. The lowest BCUT2D eigenvalue weighted by Crippen LogP contribution is -2.08. The molecule has 2 aromatic rings. The van der Waals surface area contributed by atoms with Crippen LogP contribution in [0.1, 0.15) is 24.2 Å². The first-order valence-electron chi connectivity index (χ1n) is 6.57. The summed E-state index contributed by atoms with van der Waals surface area (Å²) in [5.41, 5.74) is 1.84. The van der Waals surface area contributed by atoms with E-state index in [0.29, 0.717) is 35.4 Å². The number of aromatic nitrogens is 2. The standard InChI is InChI=1S/C15H15ClN2O3/c1-3-20-13-7-10(12-8-14(16)18-9-17-12)5-6-11(13)15(19)21-4-2/h5-9H,3-4H2,1-2H3. The smallest absolute Gasteiger partial charge is 0.341 e. The van der Waals surface area contributed by atoms with Crippen molar-refractivity contribution >= 4 is 17.6 Å². The second-order valence-electron chi connectivity index (χ2n) is 4.09. The van der Waals surface area contributed by atoms with Crippen molar-refractivity contribution in [2.45, 2.75) is 13.8 Å². The molecular weight excluding hydrogens is 292 g/mol. The molecule has 0 N–H and O–H groups in total. The number of rotatable bonds is 5. The van der Waals surface area contributed by atoms with Crippen molar-refractivity contribution in [3.05, 3.63) is 41.3 Å². The maximum absolute atomic E-state index is 11.9. The zero-order valence-electron chi connectivity index (χ0n) is 11.8. The first kappa shape index (κ1) is 15.3. The number of benzene rings is 1. The Morgan fingerprint density at radius 1 is 1.19 bits per heavy atom. The van der Waals surface area contributed by atoms with Gasteiger partial charge in [-0.3, -0.25) is 0 Å². The van der Waals surface area contributed by atoms with Crippen molar-refractivity contribution in [1.29, 1.82) is 0 Å². The fourth-order valence-electron chi connectivity index (χ4n) is 1.83. The molecule has 1 heterocycles. The van der Waals surface area contributed by atoms with E-state index >= 15 is 0 Å². The third kappa shape index (κ3) is 3.70. The molecule has 110 valence electrons. The van der Waals surface area contributed by atoms with Gasteiger partial charge in [-0.15, -0.1) is 0 Å². The first-order valence-corrected chi connectivity index (χ1v) is 6.95. The fourth-order valence-corrected chi connectivity index (χ4v) is 1.97. The number of esters is 1. The normalized spacial score (nSPS) is 10.2. The lowest BCUT2D eigenvalue weighted by molar-refractivity contribution is 0.0522. The number of carbonyl (C=O) groups is 1. The summed E-state index contributed by atoms with van der Waals surface area (Å²) in [7, 11) is 0. The Bertz CT molecular complexity index is 647. The topological polar surface area (TPSA) is 61.3 Å². The minimum absolute atomic E-state index is 0.313. The molecule has 0 aliphatic heterocycles. The molecule has 21 heavy (non-hydrogen) atoms. The molecule has 0 aliphatic rings. The van der Waals surface area contributed by atoms with Crippen molar-refractivity contribution in [2.24, 2.45) is 0 Å². The van der Waals surface area contributed by atoms with E-state index in [2.05, 4.69) is 9.97 Å². The van der Waals surface area contributed by atoms with E-state index in [1.165, 1.54) is 6.33 Å². The van der Waals surface area contributed by atoms with Gasteiger partial charge in [0.1, 0.15) is 22.8 Å². The summed E-state index contributed by atoms with van der Waals surface area (Å²) < 4.78 is 10.5. The molecule has 0 bridgehead atoms. The summed E-state index contributed by atoms with van der Waals surface area (Å²) in [5, 5.41) is 0.354. The van der Waals surface area contributed by atoms with Crippen LogP contribution in [0.25, 0.3) is 11.3 Å². The fraction of sp³-hybridized carbons (Fsp3) is 0.267. The van der Waals surface area contributed by atoms with Crippen molar-refractivity contribution in [1.82, 2.24) is 9.97 Å². The minimum Gasteiger partial charge on any atom is -0.493 e. The second kappa shape index (κ2) is 7.04. The van der Waals surface area contributed by atoms with Gasteiger partial charge in [-0.05, 0) is 26.0 Å². The van der Waals surface area contributed by atoms with Gasteiger partial charge in [0.2, 0.25) is 0 Å². The van der Waals surface area contributed by atoms with Gasteiger partial charge in [-0.1, -0.05) is 17.7 Å². The predicted molar refractivity (Wildman–Crippen MR) is 79.6 cm³/mol. The summed E-state index contributed by atoms with van der Waals surface area (Å²) in [6, 6.07) is 6.83. The van der Waals surface area contributed by atoms with Gasteiger partial charge in [0.05, 0.1) is 18.9 Å². The number of nitrogens with zero attached hydrogens (tertiary/aromatic N) is 2. The Hall–Kier alpha value is -2.14. The van der Waals surface area contributed by atoms with Gasteiger partial charge in [0.15, 0.2) is 0 Å². The highest BCUT2D eigenvalue weighted by Crippen LogP contribution is 2.27. The van der Waals surface area contributed by atoms with Crippen LogP contribution in [0.4, 0.5) is 0 Å². The van der Waals surface area contributed by atoms with Crippen molar-refractivity contribution in [3.63, 3.8) is 0 Å². The lowest BCUT2D eigenvalue weighted by Gasteiger charge is -2.11. The van der Waals surface area contributed by atoms with E-state index in [4.69, 9.17) is 21.1 Å². The summed E-state index contributed by atoms with van der Waals surface area (Å²) >= 11 is 5.86. The summed E-state index contributed by atoms with van der Waals surface area (Å²) in [5.74, 6) is 0.0522. The zero-order chi connectivity index (χ0) is 15.2. The van der Waals surface area contributed by atoms with Crippen LogP contribution in [0.5, 0.6) is 5.75 Å². The molecule has 1 aromatic heterocycles. The molecule has 0 atom stereocenters. The van der Waals surface area contributed by atoms with E-state index in [1.807, 2.05) is 6.92 Å². The van der Waals surface area contributed by atoms with Crippen molar-refractivity contribution in [3.8, 4) is 17.0 Å². The van der Waals surface area contributed by atoms with Gasteiger partial charge < -0.3 is 9.47 Å². The molecule has 6 heteroatoms. The minimum atomic E-state index is -0.409. The zero-order valence-corrected chi connectivity index (χ0v) is 12.6. The van der Waals surface area contributed by atoms with Crippen LogP contribution in [0.2, 0.25) is 5.15 Å².